The molecule has 0 radical (unpaired) electrons. The normalized spacial score (nSPS) is 14.6. The second kappa shape index (κ2) is 6.61. The van der Waals surface area contributed by atoms with E-state index in [4.69, 9.17) is 9.72 Å². The minimum atomic E-state index is 0.0118. The van der Waals surface area contributed by atoms with Crippen LogP contribution in [0.3, 0.4) is 0 Å². The van der Waals surface area contributed by atoms with Gasteiger partial charge in [-0.1, -0.05) is 12.1 Å². The molecule has 0 amide bonds. The number of fused-ring (bicyclic) bond motifs is 3. The van der Waals surface area contributed by atoms with E-state index < -0.39 is 0 Å². The standard InChI is InChI=1S/C19H21N3O2S/c1-11(12-6-3-4-8-14(12)24-2)20-10-16-21-18(23)17-13-7-5-9-15(13)25-19(17)22-16/h3-4,6,8,11,20H,5,7,9-10H2,1-2H3,(H,21,22,23)/p+1/t11-/m0/s1. The first-order valence-corrected chi connectivity index (χ1v) is 9.48. The van der Waals surface area contributed by atoms with E-state index in [-0.39, 0.29) is 11.6 Å². The summed E-state index contributed by atoms with van der Waals surface area (Å²) in [5.74, 6) is 1.62. The van der Waals surface area contributed by atoms with E-state index in [2.05, 4.69) is 23.3 Å². The molecular formula is C19H22N3O2S+. The molecule has 0 spiro atoms. The van der Waals surface area contributed by atoms with Gasteiger partial charge in [-0.3, -0.25) is 4.79 Å². The average Bonchev–Trinajstić information content (AvgIpc) is 3.20. The Labute approximate surface area is 150 Å². The molecule has 2 heterocycles. The number of H-pyrrole nitrogens is 1. The fourth-order valence-electron chi connectivity index (χ4n) is 3.60. The monoisotopic (exact) mass is 356 g/mol. The van der Waals surface area contributed by atoms with Gasteiger partial charge in [0.05, 0.1) is 18.1 Å². The zero-order valence-corrected chi connectivity index (χ0v) is 15.3. The third-order valence-electron chi connectivity index (χ3n) is 4.92. The van der Waals surface area contributed by atoms with E-state index in [1.807, 2.05) is 18.2 Å². The van der Waals surface area contributed by atoms with Crippen LogP contribution in [0.1, 0.15) is 41.2 Å². The molecule has 1 atom stereocenters. The summed E-state index contributed by atoms with van der Waals surface area (Å²) >= 11 is 1.69. The number of benzene rings is 1. The summed E-state index contributed by atoms with van der Waals surface area (Å²) < 4.78 is 5.44. The Morgan fingerprint density at radius 3 is 3.04 bits per heavy atom. The first kappa shape index (κ1) is 16.3. The first-order chi connectivity index (χ1) is 12.2. The molecule has 0 bridgehead atoms. The number of ether oxygens (including phenoxy) is 1. The number of para-hydroxylation sites is 1. The summed E-state index contributed by atoms with van der Waals surface area (Å²) in [5, 5.41) is 2.99. The van der Waals surface area contributed by atoms with Crippen LogP contribution in [0.2, 0.25) is 0 Å². The van der Waals surface area contributed by atoms with E-state index in [0.29, 0.717) is 6.54 Å². The maximum atomic E-state index is 12.5. The van der Waals surface area contributed by atoms with Crippen LogP contribution in [0.25, 0.3) is 10.2 Å². The average molecular weight is 356 g/mol. The van der Waals surface area contributed by atoms with Gasteiger partial charge in [-0.25, -0.2) is 4.98 Å². The third-order valence-corrected chi connectivity index (χ3v) is 6.10. The van der Waals surface area contributed by atoms with Crippen LogP contribution in [0.5, 0.6) is 5.75 Å². The fourth-order valence-corrected chi connectivity index (χ4v) is 4.88. The lowest BCUT2D eigenvalue weighted by Gasteiger charge is -2.14. The molecule has 4 rings (SSSR count). The summed E-state index contributed by atoms with van der Waals surface area (Å²) in [6.07, 6.45) is 3.25. The van der Waals surface area contributed by atoms with Crippen molar-refractivity contribution in [1.82, 2.24) is 9.97 Å². The van der Waals surface area contributed by atoms with E-state index in [9.17, 15) is 4.79 Å². The van der Waals surface area contributed by atoms with Crippen molar-refractivity contribution in [3.63, 3.8) is 0 Å². The van der Waals surface area contributed by atoms with Gasteiger partial charge < -0.3 is 15.0 Å². The molecular weight excluding hydrogens is 334 g/mol. The second-order valence-electron chi connectivity index (χ2n) is 6.52. The largest absolute Gasteiger partial charge is 0.496 e. The predicted molar refractivity (Wildman–Crippen MR) is 99.3 cm³/mol. The van der Waals surface area contributed by atoms with Crippen molar-refractivity contribution in [3.05, 3.63) is 56.4 Å². The van der Waals surface area contributed by atoms with E-state index in [0.717, 1.165) is 46.6 Å². The van der Waals surface area contributed by atoms with Crippen LogP contribution >= 0.6 is 11.3 Å². The summed E-state index contributed by atoms with van der Waals surface area (Å²) in [4.78, 5) is 22.4. The lowest BCUT2D eigenvalue weighted by Crippen LogP contribution is -2.83. The molecule has 1 aliphatic carbocycles. The maximum Gasteiger partial charge on any atom is 0.260 e. The molecule has 0 saturated carbocycles. The first-order valence-electron chi connectivity index (χ1n) is 8.67. The highest BCUT2D eigenvalue weighted by atomic mass is 32.1. The molecule has 0 aliphatic heterocycles. The molecule has 3 N–H and O–H groups in total. The predicted octanol–water partition coefficient (Wildman–Crippen LogP) is 2.31. The molecule has 6 heteroatoms. The number of thiophene rings is 1. The number of nitrogens with zero attached hydrogens (tertiary/aromatic N) is 1. The van der Waals surface area contributed by atoms with Gasteiger partial charge in [0.25, 0.3) is 5.56 Å². The lowest BCUT2D eigenvalue weighted by molar-refractivity contribution is -0.708. The molecule has 1 aromatic carbocycles. The Morgan fingerprint density at radius 2 is 2.20 bits per heavy atom. The van der Waals surface area contributed by atoms with Gasteiger partial charge in [0.15, 0.2) is 5.82 Å². The van der Waals surface area contributed by atoms with Crippen LogP contribution in [0.4, 0.5) is 0 Å². The highest BCUT2D eigenvalue weighted by molar-refractivity contribution is 7.18. The quantitative estimate of drug-likeness (QED) is 0.737. The third kappa shape index (κ3) is 2.96. The second-order valence-corrected chi connectivity index (χ2v) is 7.60. The van der Waals surface area contributed by atoms with Crippen molar-refractivity contribution in [2.24, 2.45) is 0 Å². The van der Waals surface area contributed by atoms with Crippen molar-refractivity contribution in [3.8, 4) is 5.75 Å². The number of quaternary nitrogens is 1. The van der Waals surface area contributed by atoms with Crippen molar-refractivity contribution in [2.45, 2.75) is 38.8 Å². The molecule has 2 aromatic heterocycles. The Hall–Kier alpha value is -2.18. The number of aryl methyl sites for hydroxylation is 2. The summed E-state index contributed by atoms with van der Waals surface area (Å²) in [6.45, 7) is 2.77. The van der Waals surface area contributed by atoms with Gasteiger partial charge in [-0.05, 0) is 43.9 Å². The Balaban J connectivity index is 1.56. The number of nitrogens with one attached hydrogen (secondary N) is 1. The fraction of sp³-hybridized carbons (Fsp3) is 0.368. The molecule has 1 aliphatic rings. The number of nitrogens with two attached hydrogens (primary N) is 1. The Kier molecular flexibility index (Phi) is 4.31. The zero-order valence-electron chi connectivity index (χ0n) is 14.5. The van der Waals surface area contributed by atoms with Gasteiger partial charge in [-0.2, -0.15) is 0 Å². The number of hydrogen-bond donors (Lipinski definition) is 2. The topological polar surface area (TPSA) is 71.6 Å². The zero-order chi connectivity index (χ0) is 17.4. The minimum absolute atomic E-state index is 0.0118. The lowest BCUT2D eigenvalue weighted by atomic mass is 10.1. The SMILES string of the molecule is COc1ccccc1[C@H](C)[NH2+]Cc1nc2sc3c(c2c(=O)[nH]1)CCC3. The van der Waals surface area contributed by atoms with Gasteiger partial charge in [0, 0.05) is 4.88 Å². The van der Waals surface area contributed by atoms with Gasteiger partial charge in [0.2, 0.25) is 0 Å². The number of methoxy groups -OCH3 is 1. The van der Waals surface area contributed by atoms with E-state index >= 15 is 0 Å². The molecule has 25 heavy (non-hydrogen) atoms. The maximum absolute atomic E-state index is 12.5. The van der Waals surface area contributed by atoms with Crippen LogP contribution in [-0.4, -0.2) is 17.1 Å². The highest BCUT2D eigenvalue weighted by Gasteiger charge is 2.21. The summed E-state index contributed by atoms with van der Waals surface area (Å²) in [6, 6.07) is 8.24. The number of hydrogen-bond acceptors (Lipinski definition) is 4. The molecule has 130 valence electrons. The molecule has 5 nitrogen and oxygen atoms in total. The van der Waals surface area contributed by atoms with Gasteiger partial charge in [0.1, 0.15) is 23.2 Å². The summed E-state index contributed by atoms with van der Waals surface area (Å²) in [7, 11) is 1.69. The van der Waals surface area contributed by atoms with Crippen molar-refractivity contribution >= 4 is 21.6 Å². The Morgan fingerprint density at radius 1 is 1.36 bits per heavy atom. The van der Waals surface area contributed by atoms with E-state index in [1.165, 1.54) is 10.4 Å². The number of aromatic nitrogens is 2. The molecule has 0 unspecified atom stereocenters. The van der Waals surface area contributed by atoms with Gasteiger partial charge >= 0.3 is 0 Å². The van der Waals surface area contributed by atoms with Crippen molar-refractivity contribution < 1.29 is 10.1 Å². The van der Waals surface area contributed by atoms with Crippen LogP contribution < -0.4 is 15.6 Å². The van der Waals surface area contributed by atoms with Crippen LogP contribution in [0, 0.1) is 0 Å². The minimum Gasteiger partial charge on any atom is -0.496 e. The van der Waals surface area contributed by atoms with E-state index in [1.54, 1.807) is 18.4 Å². The molecule has 3 aromatic rings. The molecule has 0 fully saturated rings. The number of aromatic amines is 1. The van der Waals surface area contributed by atoms with Crippen molar-refractivity contribution in [2.75, 3.05) is 7.11 Å². The van der Waals surface area contributed by atoms with Crippen LogP contribution in [0.15, 0.2) is 29.1 Å². The van der Waals surface area contributed by atoms with Crippen LogP contribution in [-0.2, 0) is 19.4 Å². The van der Waals surface area contributed by atoms with Gasteiger partial charge in [-0.15, -0.1) is 11.3 Å². The highest BCUT2D eigenvalue weighted by Crippen LogP contribution is 2.34. The number of rotatable bonds is 5. The summed E-state index contributed by atoms with van der Waals surface area (Å²) in [5.41, 5.74) is 2.38. The van der Waals surface area contributed by atoms with Crippen molar-refractivity contribution in [1.29, 1.82) is 0 Å². The molecule has 0 saturated heterocycles. The smallest absolute Gasteiger partial charge is 0.260 e. The Bertz CT molecular complexity index is 976.